The first-order valence-electron chi connectivity index (χ1n) is 6.11. The highest BCUT2D eigenvalue weighted by Crippen LogP contribution is 2.29. The number of halogens is 3. The first kappa shape index (κ1) is 16.4. The molecule has 5 nitrogen and oxygen atoms in total. The van der Waals surface area contributed by atoms with E-state index in [4.69, 9.17) is 9.78 Å². The maximum absolute atomic E-state index is 11.9. The second-order valence-electron chi connectivity index (χ2n) is 4.89. The second-order valence-corrected chi connectivity index (χ2v) is 4.89. The molecule has 112 valence electrons. The van der Waals surface area contributed by atoms with Crippen LogP contribution in [0.1, 0.15) is 38.4 Å². The fourth-order valence-corrected chi connectivity index (χ4v) is 1.55. The van der Waals surface area contributed by atoms with E-state index in [0.717, 1.165) is 6.42 Å². The van der Waals surface area contributed by atoms with Gasteiger partial charge in [0.25, 0.3) is 0 Å². The van der Waals surface area contributed by atoms with E-state index in [-0.39, 0.29) is 17.8 Å². The lowest BCUT2D eigenvalue weighted by Crippen LogP contribution is -2.18. The Hall–Kier alpha value is -1.62. The quantitative estimate of drug-likeness (QED) is 0.772. The van der Waals surface area contributed by atoms with Crippen molar-refractivity contribution in [1.82, 2.24) is 10.1 Å². The predicted octanol–water partition coefficient (Wildman–Crippen LogP) is 3.02. The maximum Gasteiger partial charge on any atom is 0.411 e. The van der Waals surface area contributed by atoms with Crippen molar-refractivity contribution in [2.45, 2.75) is 45.9 Å². The zero-order valence-electron chi connectivity index (χ0n) is 11.3. The lowest BCUT2D eigenvalue weighted by Gasteiger charge is -2.22. The molecule has 1 unspecified atom stereocenters. The van der Waals surface area contributed by atoms with Crippen molar-refractivity contribution in [3.05, 3.63) is 11.7 Å². The van der Waals surface area contributed by atoms with Crippen LogP contribution in [0.15, 0.2) is 4.52 Å². The van der Waals surface area contributed by atoms with E-state index < -0.39 is 12.8 Å². The third-order valence-corrected chi connectivity index (χ3v) is 2.94. The number of ether oxygens (including phenoxy) is 1. The molecule has 1 rings (SSSR count). The Kier molecular flexibility index (Phi) is 5.51. The Bertz CT molecular complexity index is 467. The van der Waals surface area contributed by atoms with Gasteiger partial charge in [0.1, 0.15) is 13.2 Å². The summed E-state index contributed by atoms with van der Waals surface area (Å²) in [4.78, 5) is 3.97. The van der Waals surface area contributed by atoms with Crippen molar-refractivity contribution >= 4 is 0 Å². The molecular weight excluding hydrogens is 275 g/mol. The Morgan fingerprint density at radius 2 is 2.10 bits per heavy atom. The van der Waals surface area contributed by atoms with Crippen LogP contribution < -0.4 is 0 Å². The van der Waals surface area contributed by atoms with Crippen LogP contribution >= 0.6 is 0 Å². The molecular formula is C12H16F3N3O2. The monoisotopic (exact) mass is 291 g/mol. The Morgan fingerprint density at radius 3 is 2.65 bits per heavy atom. The molecule has 0 spiro atoms. The number of hydrogen-bond donors (Lipinski definition) is 0. The van der Waals surface area contributed by atoms with Gasteiger partial charge in [-0.05, 0) is 11.8 Å². The third-order valence-electron chi connectivity index (χ3n) is 2.94. The molecule has 1 aromatic rings. The van der Waals surface area contributed by atoms with Gasteiger partial charge in [-0.2, -0.15) is 23.4 Å². The van der Waals surface area contributed by atoms with Crippen LogP contribution in [0.25, 0.3) is 0 Å². The number of aromatic nitrogens is 2. The van der Waals surface area contributed by atoms with Gasteiger partial charge in [0, 0.05) is 12.8 Å². The average Bonchev–Trinajstić information content (AvgIpc) is 2.75. The van der Waals surface area contributed by atoms with Gasteiger partial charge >= 0.3 is 6.18 Å². The fourth-order valence-electron chi connectivity index (χ4n) is 1.55. The number of nitriles is 1. The van der Waals surface area contributed by atoms with Crippen molar-refractivity contribution in [3.63, 3.8) is 0 Å². The lowest BCUT2D eigenvalue weighted by molar-refractivity contribution is -0.177. The molecule has 0 aromatic carbocycles. The first-order valence-corrected chi connectivity index (χ1v) is 6.11. The van der Waals surface area contributed by atoms with Crippen LogP contribution in [0.5, 0.6) is 0 Å². The summed E-state index contributed by atoms with van der Waals surface area (Å²) in [6.07, 6.45) is -2.88. The second kappa shape index (κ2) is 6.70. The van der Waals surface area contributed by atoms with Gasteiger partial charge in [0.15, 0.2) is 5.82 Å². The molecule has 1 aromatic heterocycles. The molecule has 0 aliphatic rings. The van der Waals surface area contributed by atoms with Crippen LogP contribution in [0.2, 0.25) is 0 Å². The average molecular weight is 291 g/mol. The Morgan fingerprint density at radius 1 is 1.40 bits per heavy atom. The van der Waals surface area contributed by atoms with Crippen LogP contribution in [-0.4, -0.2) is 22.9 Å². The van der Waals surface area contributed by atoms with Crippen molar-refractivity contribution < 1.29 is 22.4 Å². The van der Waals surface area contributed by atoms with Gasteiger partial charge in [-0.25, -0.2) is 0 Å². The molecule has 0 radical (unpaired) electrons. The Labute approximate surface area is 114 Å². The van der Waals surface area contributed by atoms with E-state index in [0.29, 0.717) is 18.7 Å². The van der Waals surface area contributed by atoms with E-state index in [9.17, 15) is 13.2 Å². The van der Waals surface area contributed by atoms with Crippen molar-refractivity contribution in [1.29, 1.82) is 5.26 Å². The van der Waals surface area contributed by atoms with Gasteiger partial charge in [-0.15, -0.1) is 0 Å². The van der Waals surface area contributed by atoms with Gasteiger partial charge in [-0.3, -0.25) is 0 Å². The minimum Gasteiger partial charge on any atom is -0.364 e. The molecule has 0 bridgehead atoms. The maximum atomic E-state index is 11.9. The Balaban J connectivity index is 2.53. The fraction of sp³-hybridized carbons (Fsp3) is 0.750. The SMILES string of the molecule is CCC(C)(CC#N)Cc1nc(COCC(F)(F)F)no1. The van der Waals surface area contributed by atoms with E-state index in [1.165, 1.54) is 0 Å². The summed E-state index contributed by atoms with van der Waals surface area (Å²) in [6, 6.07) is 2.10. The molecule has 0 amide bonds. The van der Waals surface area contributed by atoms with Crippen molar-refractivity contribution in [2.75, 3.05) is 6.61 Å². The summed E-state index contributed by atoms with van der Waals surface area (Å²) in [6.45, 7) is 2.16. The summed E-state index contributed by atoms with van der Waals surface area (Å²) in [7, 11) is 0. The zero-order valence-corrected chi connectivity index (χ0v) is 11.3. The normalized spacial score (nSPS) is 14.8. The zero-order chi connectivity index (χ0) is 15.2. The van der Waals surface area contributed by atoms with Crippen molar-refractivity contribution in [3.8, 4) is 6.07 Å². The number of nitrogens with zero attached hydrogens (tertiary/aromatic N) is 3. The highest BCUT2D eigenvalue weighted by molar-refractivity contribution is 4.94. The molecule has 8 heteroatoms. The molecule has 0 saturated heterocycles. The number of hydrogen-bond acceptors (Lipinski definition) is 5. The number of rotatable bonds is 7. The van der Waals surface area contributed by atoms with Gasteiger partial charge < -0.3 is 9.26 Å². The topological polar surface area (TPSA) is 71.9 Å². The standard InChI is InChI=1S/C12H16F3N3O2/c1-3-11(2,4-5-16)6-10-17-9(18-20-10)7-19-8-12(13,14)15/h3-4,6-8H2,1-2H3. The van der Waals surface area contributed by atoms with E-state index in [2.05, 4.69) is 20.9 Å². The van der Waals surface area contributed by atoms with Crippen LogP contribution in [-0.2, 0) is 17.8 Å². The molecule has 0 saturated carbocycles. The van der Waals surface area contributed by atoms with Gasteiger partial charge in [0.05, 0.1) is 6.07 Å². The summed E-state index contributed by atoms with van der Waals surface area (Å²) < 4.78 is 45.1. The summed E-state index contributed by atoms with van der Waals surface area (Å²) in [5.41, 5.74) is -0.286. The highest BCUT2D eigenvalue weighted by Gasteiger charge is 2.28. The largest absolute Gasteiger partial charge is 0.411 e. The van der Waals surface area contributed by atoms with Crippen LogP contribution in [0.4, 0.5) is 13.2 Å². The summed E-state index contributed by atoms with van der Waals surface area (Å²) in [5, 5.41) is 12.3. The molecule has 20 heavy (non-hydrogen) atoms. The smallest absolute Gasteiger partial charge is 0.364 e. The molecule has 0 N–H and O–H groups in total. The van der Waals surface area contributed by atoms with Gasteiger partial charge in [0.2, 0.25) is 5.89 Å². The van der Waals surface area contributed by atoms with E-state index in [1.54, 1.807) is 0 Å². The molecule has 0 aliphatic heterocycles. The predicted molar refractivity (Wildman–Crippen MR) is 62.3 cm³/mol. The van der Waals surface area contributed by atoms with E-state index in [1.807, 2.05) is 13.8 Å². The van der Waals surface area contributed by atoms with Crippen LogP contribution in [0.3, 0.4) is 0 Å². The summed E-state index contributed by atoms with van der Waals surface area (Å²) in [5.74, 6) is 0.370. The van der Waals surface area contributed by atoms with Crippen molar-refractivity contribution in [2.24, 2.45) is 5.41 Å². The highest BCUT2D eigenvalue weighted by atomic mass is 19.4. The molecule has 0 fully saturated rings. The molecule has 0 aliphatic carbocycles. The lowest BCUT2D eigenvalue weighted by atomic mass is 9.81. The third kappa shape index (κ3) is 5.57. The van der Waals surface area contributed by atoms with Gasteiger partial charge in [-0.1, -0.05) is 19.0 Å². The van der Waals surface area contributed by atoms with Crippen LogP contribution in [0, 0.1) is 16.7 Å². The summed E-state index contributed by atoms with van der Waals surface area (Å²) >= 11 is 0. The van der Waals surface area contributed by atoms with E-state index >= 15 is 0 Å². The minimum absolute atomic E-state index is 0.0691. The minimum atomic E-state index is -4.37. The molecule has 1 heterocycles. The first-order chi connectivity index (χ1) is 9.28. The number of alkyl halides is 3. The molecule has 1 atom stereocenters.